The van der Waals surface area contributed by atoms with Crippen molar-refractivity contribution in [1.29, 1.82) is 0 Å². The van der Waals surface area contributed by atoms with Gasteiger partial charge in [-0.25, -0.2) is 0 Å². The molecule has 0 unspecified atom stereocenters. The minimum Gasteiger partial charge on any atom is -0.497 e. The van der Waals surface area contributed by atoms with Gasteiger partial charge in [0.2, 0.25) is 5.96 Å². The number of hydrogen-bond acceptors (Lipinski definition) is 4. The fraction of sp³-hybridized carbons (Fsp3) is 0.250. The van der Waals surface area contributed by atoms with Crippen molar-refractivity contribution in [2.75, 3.05) is 13.7 Å². The van der Waals surface area contributed by atoms with Gasteiger partial charge in [0.1, 0.15) is 5.75 Å². The molecule has 1 aromatic carbocycles. The fourth-order valence-electron chi connectivity index (χ4n) is 1.53. The first-order chi connectivity index (χ1) is 8.69. The molecular formula is C12H13N3O3. The zero-order valence-corrected chi connectivity index (χ0v) is 9.90. The molecule has 1 aliphatic rings. The Labute approximate surface area is 104 Å². The summed E-state index contributed by atoms with van der Waals surface area (Å²) < 4.78 is 5.06. The molecule has 0 radical (unpaired) electrons. The van der Waals surface area contributed by atoms with E-state index in [0.29, 0.717) is 6.54 Å². The average molecular weight is 247 g/mol. The molecule has 6 nitrogen and oxygen atoms in total. The van der Waals surface area contributed by atoms with Crippen molar-refractivity contribution in [1.82, 2.24) is 10.6 Å². The highest BCUT2D eigenvalue weighted by atomic mass is 16.5. The predicted molar refractivity (Wildman–Crippen MR) is 65.3 cm³/mol. The van der Waals surface area contributed by atoms with Crippen LogP contribution in [0.2, 0.25) is 0 Å². The summed E-state index contributed by atoms with van der Waals surface area (Å²) in [6.45, 7) is 0.488. The van der Waals surface area contributed by atoms with E-state index in [-0.39, 0.29) is 5.96 Å². The maximum atomic E-state index is 10.9. The number of ether oxygens (including phenoxy) is 1. The fourth-order valence-corrected chi connectivity index (χ4v) is 1.53. The van der Waals surface area contributed by atoms with E-state index in [4.69, 9.17) is 4.74 Å². The van der Waals surface area contributed by atoms with Crippen LogP contribution < -0.4 is 15.4 Å². The quantitative estimate of drug-likeness (QED) is 0.725. The van der Waals surface area contributed by atoms with Crippen molar-refractivity contribution >= 4 is 17.8 Å². The van der Waals surface area contributed by atoms with Crippen LogP contribution in [0.1, 0.15) is 5.56 Å². The van der Waals surface area contributed by atoms with Gasteiger partial charge in [0.25, 0.3) is 0 Å². The smallest absolute Gasteiger partial charge is 0.316 e. The number of carbonyl (C=O) groups is 2. The van der Waals surface area contributed by atoms with Gasteiger partial charge in [-0.15, -0.1) is 0 Å². The number of guanidine groups is 1. The molecule has 2 rings (SSSR count). The van der Waals surface area contributed by atoms with Crippen LogP contribution in [-0.4, -0.2) is 31.4 Å². The number of methoxy groups -OCH3 is 1. The third-order valence-electron chi connectivity index (χ3n) is 2.50. The first-order valence-corrected chi connectivity index (χ1v) is 5.49. The monoisotopic (exact) mass is 247 g/mol. The summed E-state index contributed by atoms with van der Waals surface area (Å²) in [5.41, 5.74) is 1.11. The van der Waals surface area contributed by atoms with Crippen LogP contribution >= 0.6 is 0 Å². The minimum atomic E-state index is -0.668. The Balaban J connectivity index is 1.86. The Morgan fingerprint density at radius 3 is 2.28 bits per heavy atom. The van der Waals surface area contributed by atoms with Gasteiger partial charge in [-0.3, -0.25) is 25.2 Å². The Morgan fingerprint density at radius 1 is 1.11 bits per heavy atom. The van der Waals surface area contributed by atoms with E-state index in [2.05, 4.69) is 15.6 Å². The number of hydrogen-bond donors (Lipinski definition) is 2. The average Bonchev–Trinajstić information content (AvgIpc) is 2.69. The molecule has 1 fully saturated rings. The Kier molecular flexibility index (Phi) is 3.57. The van der Waals surface area contributed by atoms with Gasteiger partial charge in [0.05, 0.1) is 7.11 Å². The van der Waals surface area contributed by atoms with Gasteiger partial charge >= 0.3 is 11.8 Å². The van der Waals surface area contributed by atoms with Crippen LogP contribution in [0.5, 0.6) is 5.75 Å². The zero-order valence-electron chi connectivity index (χ0n) is 9.90. The number of carbonyl (C=O) groups excluding carboxylic acids is 2. The SMILES string of the molecule is COc1ccc(CCN=C2NC(=O)C(=O)N2)cc1. The molecule has 1 aliphatic heterocycles. The van der Waals surface area contributed by atoms with E-state index in [1.165, 1.54) is 0 Å². The number of nitrogens with one attached hydrogen (secondary N) is 2. The second-order valence-electron chi connectivity index (χ2n) is 3.74. The molecule has 0 aromatic heterocycles. The zero-order chi connectivity index (χ0) is 13.0. The van der Waals surface area contributed by atoms with Crippen LogP contribution in [-0.2, 0) is 16.0 Å². The van der Waals surface area contributed by atoms with Crippen molar-refractivity contribution in [3.63, 3.8) is 0 Å². The third kappa shape index (κ3) is 2.85. The molecule has 0 bridgehead atoms. The lowest BCUT2D eigenvalue weighted by atomic mass is 10.1. The topological polar surface area (TPSA) is 79.8 Å². The van der Waals surface area contributed by atoms with E-state index in [1.807, 2.05) is 24.3 Å². The number of amides is 2. The lowest BCUT2D eigenvalue weighted by Gasteiger charge is -2.02. The molecule has 0 aliphatic carbocycles. The lowest BCUT2D eigenvalue weighted by molar-refractivity contribution is -0.135. The number of rotatable bonds is 4. The van der Waals surface area contributed by atoms with E-state index >= 15 is 0 Å². The first kappa shape index (κ1) is 12.1. The molecule has 1 aromatic rings. The summed E-state index contributed by atoms with van der Waals surface area (Å²) in [7, 11) is 1.62. The molecule has 2 amide bonds. The van der Waals surface area contributed by atoms with Gasteiger partial charge in [-0.05, 0) is 24.1 Å². The molecule has 6 heteroatoms. The Hall–Kier alpha value is -2.37. The maximum Gasteiger partial charge on any atom is 0.316 e. The number of benzene rings is 1. The van der Waals surface area contributed by atoms with Gasteiger partial charge in [0, 0.05) is 6.54 Å². The normalized spacial score (nSPS) is 14.2. The van der Waals surface area contributed by atoms with E-state index in [1.54, 1.807) is 7.11 Å². The van der Waals surface area contributed by atoms with Crippen LogP contribution in [0.25, 0.3) is 0 Å². The van der Waals surface area contributed by atoms with Crippen molar-refractivity contribution in [3.05, 3.63) is 29.8 Å². The summed E-state index contributed by atoms with van der Waals surface area (Å²) in [6.07, 6.45) is 0.721. The second-order valence-corrected chi connectivity index (χ2v) is 3.74. The summed E-state index contributed by atoms with van der Waals surface area (Å²) in [5, 5.41) is 4.68. The van der Waals surface area contributed by atoms with Gasteiger partial charge in [0.15, 0.2) is 0 Å². The highest BCUT2D eigenvalue weighted by Crippen LogP contribution is 2.11. The molecule has 0 atom stereocenters. The standard InChI is InChI=1S/C12H13N3O3/c1-18-9-4-2-8(3-5-9)6-7-13-12-14-10(16)11(17)15-12/h2-5H,6-7H2,1H3,(H2,13,14,15,16,17). The Morgan fingerprint density at radius 2 is 1.72 bits per heavy atom. The number of nitrogens with zero attached hydrogens (tertiary/aromatic N) is 1. The summed E-state index contributed by atoms with van der Waals surface area (Å²) in [6, 6.07) is 7.65. The lowest BCUT2D eigenvalue weighted by Crippen LogP contribution is -2.26. The van der Waals surface area contributed by atoms with Crippen molar-refractivity contribution in [2.24, 2.45) is 4.99 Å². The summed E-state index contributed by atoms with van der Waals surface area (Å²) in [5.74, 6) is -0.310. The van der Waals surface area contributed by atoms with Crippen molar-refractivity contribution < 1.29 is 14.3 Å². The summed E-state index contributed by atoms with van der Waals surface area (Å²) in [4.78, 5) is 25.8. The van der Waals surface area contributed by atoms with Crippen molar-refractivity contribution in [2.45, 2.75) is 6.42 Å². The predicted octanol–water partition coefficient (Wildman–Crippen LogP) is -0.160. The van der Waals surface area contributed by atoms with Gasteiger partial charge < -0.3 is 4.74 Å². The molecule has 94 valence electrons. The van der Waals surface area contributed by atoms with Crippen LogP contribution in [0, 0.1) is 0 Å². The van der Waals surface area contributed by atoms with E-state index in [9.17, 15) is 9.59 Å². The Bertz CT molecular complexity index is 476. The third-order valence-corrected chi connectivity index (χ3v) is 2.50. The molecule has 0 saturated carbocycles. The number of aliphatic imine (C=N–C) groups is 1. The molecule has 2 N–H and O–H groups in total. The van der Waals surface area contributed by atoms with Gasteiger partial charge in [-0.1, -0.05) is 12.1 Å². The summed E-state index contributed by atoms with van der Waals surface area (Å²) >= 11 is 0. The highest BCUT2D eigenvalue weighted by molar-refractivity contribution is 6.45. The van der Waals surface area contributed by atoms with Crippen molar-refractivity contribution in [3.8, 4) is 5.75 Å². The van der Waals surface area contributed by atoms with Gasteiger partial charge in [-0.2, -0.15) is 0 Å². The molecule has 0 spiro atoms. The molecular weight excluding hydrogens is 234 g/mol. The van der Waals surface area contributed by atoms with Crippen LogP contribution in [0.15, 0.2) is 29.3 Å². The minimum absolute atomic E-state index is 0.221. The van der Waals surface area contributed by atoms with Crippen LogP contribution in [0.3, 0.4) is 0 Å². The second kappa shape index (κ2) is 5.31. The maximum absolute atomic E-state index is 10.9. The van der Waals surface area contributed by atoms with E-state index in [0.717, 1.165) is 17.7 Å². The largest absolute Gasteiger partial charge is 0.497 e. The molecule has 18 heavy (non-hydrogen) atoms. The van der Waals surface area contributed by atoms with E-state index < -0.39 is 11.8 Å². The van der Waals surface area contributed by atoms with Crippen LogP contribution in [0.4, 0.5) is 0 Å². The molecule has 1 saturated heterocycles. The molecule has 1 heterocycles. The highest BCUT2D eigenvalue weighted by Gasteiger charge is 2.24. The first-order valence-electron chi connectivity index (χ1n) is 5.49.